The highest BCUT2D eigenvalue weighted by molar-refractivity contribution is 7.80. The Morgan fingerprint density at radius 3 is 2.41 bits per heavy atom. The van der Waals surface area contributed by atoms with Crippen molar-refractivity contribution in [3.05, 3.63) is 0 Å². The van der Waals surface area contributed by atoms with Gasteiger partial charge in [-0.3, -0.25) is 0 Å². The Hall–Kier alpha value is -0.840. The molecule has 0 radical (unpaired) electrons. The molecule has 0 heterocycles. The van der Waals surface area contributed by atoms with Gasteiger partial charge in [0.05, 0.1) is 16.6 Å². The normalized spacial score (nSPS) is 28.8. The maximum atomic E-state index is 11.7. The van der Waals surface area contributed by atoms with Crippen LogP contribution in [-0.4, -0.2) is 22.7 Å². The summed E-state index contributed by atoms with van der Waals surface area (Å²) >= 11 is 5.11. The van der Waals surface area contributed by atoms with Gasteiger partial charge in [0.15, 0.2) is 0 Å². The zero-order valence-electron chi connectivity index (χ0n) is 10.8. The Morgan fingerprint density at radius 2 is 2.00 bits per heavy atom. The molecule has 5 heteroatoms. The molecule has 4 nitrogen and oxygen atoms in total. The van der Waals surface area contributed by atoms with E-state index in [1.807, 2.05) is 13.8 Å². The molecule has 0 unspecified atom stereocenters. The first-order valence-corrected chi connectivity index (χ1v) is 6.55. The molecule has 0 spiro atoms. The van der Waals surface area contributed by atoms with E-state index in [1.54, 1.807) is 0 Å². The molecule has 0 aromatic heterocycles. The van der Waals surface area contributed by atoms with Crippen LogP contribution in [0.2, 0.25) is 0 Å². The Bertz CT molecular complexity index is 297. The number of nitrogens with two attached hydrogens (primary N) is 1. The number of thiocarbonyl (C=S) groups is 1. The van der Waals surface area contributed by atoms with Gasteiger partial charge in [0.25, 0.3) is 0 Å². The van der Waals surface area contributed by atoms with Crippen LogP contribution in [0.4, 0.5) is 4.79 Å². The summed E-state index contributed by atoms with van der Waals surface area (Å²) in [5.41, 5.74) is 5.24. The van der Waals surface area contributed by atoms with Gasteiger partial charge in [0, 0.05) is 0 Å². The Kier molecular flexibility index (Phi) is 4.74. The first-order chi connectivity index (χ1) is 7.85. The SMILES string of the molecule is CC1CCC(NC(=O)OC(C)C)(C(N)=S)CC1. The molecule has 1 amide bonds. The molecule has 0 aromatic carbocycles. The number of hydrogen-bond donors (Lipinski definition) is 2. The molecule has 0 aliphatic heterocycles. The van der Waals surface area contributed by atoms with E-state index in [-0.39, 0.29) is 6.10 Å². The summed E-state index contributed by atoms with van der Waals surface area (Å²) in [5.74, 6) is 0.667. The number of amides is 1. The lowest BCUT2D eigenvalue weighted by atomic mass is 9.77. The Balaban J connectivity index is 2.66. The molecule has 0 saturated heterocycles. The molecule has 1 aliphatic rings. The van der Waals surface area contributed by atoms with E-state index in [9.17, 15) is 4.79 Å². The molecular formula is C12H22N2O2S. The first kappa shape index (κ1) is 14.2. The van der Waals surface area contributed by atoms with Crippen LogP contribution >= 0.6 is 12.2 Å². The third-order valence-electron chi connectivity index (χ3n) is 3.28. The van der Waals surface area contributed by atoms with Gasteiger partial charge < -0.3 is 15.8 Å². The second-order valence-electron chi connectivity index (χ2n) is 5.21. The number of rotatable bonds is 3. The number of ether oxygens (including phenoxy) is 1. The summed E-state index contributed by atoms with van der Waals surface area (Å²) in [4.78, 5) is 12.0. The highest BCUT2D eigenvalue weighted by atomic mass is 32.1. The molecule has 1 fully saturated rings. The summed E-state index contributed by atoms with van der Waals surface area (Å²) in [6.07, 6.45) is 3.09. The van der Waals surface area contributed by atoms with Crippen LogP contribution in [0.25, 0.3) is 0 Å². The van der Waals surface area contributed by atoms with E-state index in [2.05, 4.69) is 12.2 Å². The molecule has 0 bridgehead atoms. The van der Waals surface area contributed by atoms with Gasteiger partial charge in [0.2, 0.25) is 0 Å². The van der Waals surface area contributed by atoms with Gasteiger partial charge in [-0.25, -0.2) is 4.79 Å². The zero-order valence-corrected chi connectivity index (χ0v) is 11.6. The lowest BCUT2D eigenvalue weighted by Gasteiger charge is -2.38. The predicted molar refractivity (Wildman–Crippen MR) is 71.9 cm³/mol. The van der Waals surface area contributed by atoms with Crippen LogP contribution in [0.5, 0.6) is 0 Å². The minimum Gasteiger partial charge on any atom is -0.447 e. The summed E-state index contributed by atoms with van der Waals surface area (Å²) < 4.78 is 5.09. The number of carbonyl (C=O) groups excluding carboxylic acids is 1. The van der Waals surface area contributed by atoms with Crippen molar-refractivity contribution < 1.29 is 9.53 Å². The van der Waals surface area contributed by atoms with E-state index in [0.717, 1.165) is 25.7 Å². The summed E-state index contributed by atoms with van der Waals surface area (Å²) in [7, 11) is 0. The maximum absolute atomic E-state index is 11.7. The van der Waals surface area contributed by atoms with Crippen LogP contribution in [0.15, 0.2) is 0 Å². The molecule has 0 atom stereocenters. The van der Waals surface area contributed by atoms with Crippen LogP contribution in [0.3, 0.4) is 0 Å². The Labute approximate surface area is 108 Å². The minimum absolute atomic E-state index is 0.138. The van der Waals surface area contributed by atoms with Crippen LogP contribution in [0, 0.1) is 5.92 Å². The summed E-state index contributed by atoms with van der Waals surface area (Å²) in [6.45, 7) is 5.84. The fourth-order valence-electron chi connectivity index (χ4n) is 2.13. The van der Waals surface area contributed by atoms with Gasteiger partial charge in [-0.05, 0) is 45.4 Å². The molecule has 3 N–H and O–H groups in total. The topological polar surface area (TPSA) is 64.3 Å². The molecule has 1 rings (SSSR count). The van der Waals surface area contributed by atoms with Gasteiger partial charge in [-0.1, -0.05) is 19.1 Å². The molecule has 98 valence electrons. The second-order valence-corrected chi connectivity index (χ2v) is 5.65. The average molecular weight is 258 g/mol. The van der Waals surface area contributed by atoms with E-state index < -0.39 is 11.6 Å². The van der Waals surface area contributed by atoms with Crippen molar-refractivity contribution >= 4 is 23.3 Å². The van der Waals surface area contributed by atoms with Crippen molar-refractivity contribution in [3.8, 4) is 0 Å². The zero-order chi connectivity index (χ0) is 13.1. The second kappa shape index (κ2) is 5.67. The lowest BCUT2D eigenvalue weighted by Crippen LogP contribution is -2.58. The van der Waals surface area contributed by atoms with Gasteiger partial charge in [-0.2, -0.15) is 0 Å². The van der Waals surface area contributed by atoms with E-state index in [4.69, 9.17) is 22.7 Å². The fourth-order valence-corrected chi connectivity index (χ4v) is 2.38. The lowest BCUT2D eigenvalue weighted by molar-refractivity contribution is 0.104. The van der Waals surface area contributed by atoms with Gasteiger partial charge in [-0.15, -0.1) is 0 Å². The number of nitrogens with one attached hydrogen (secondary N) is 1. The summed E-state index contributed by atoms with van der Waals surface area (Å²) in [5, 5.41) is 2.86. The van der Waals surface area contributed by atoms with E-state index >= 15 is 0 Å². The standard InChI is InChI=1S/C12H22N2O2S/c1-8(2)16-11(15)14-12(10(13)17)6-4-9(3)5-7-12/h8-9H,4-7H2,1-3H3,(H2,13,17)(H,14,15). The number of carbonyl (C=O) groups is 1. The predicted octanol–water partition coefficient (Wildman–Crippen LogP) is 2.36. The summed E-state index contributed by atoms with van der Waals surface area (Å²) in [6, 6.07) is 0. The highest BCUT2D eigenvalue weighted by Crippen LogP contribution is 2.32. The average Bonchev–Trinajstić information content (AvgIpc) is 2.20. The highest BCUT2D eigenvalue weighted by Gasteiger charge is 2.38. The van der Waals surface area contributed by atoms with Crippen LogP contribution < -0.4 is 11.1 Å². The molecule has 1 aliphatic carbocycles. The van der Waals surface area contributed by atoms with Crippen molar-refractivity contribution in [2.75, 3.05) is 0 Å². The van der Waals surface area contributed by atoms with Crippen LogP contribution in [0.1, 0.15) is 46.5 Å². The van der Waals surface area contributed by atoms with E-state index in [0.29, 0.717) is 10.9 Å². The smallest absolute Gasteiger partial charge is 0.408 e. The van der Waals surface area contributed by atoms with Gasteiger partial charge >= 0.3 is 6.09 Å². The third kappa shape index (κ3) is 3.84. The van der Waals surface area contributed by atoms with Crippen molar-refractivity contribution in [1.29, 1.82) is 0 Å². The number of alkyl carbamates (subject to hydrolysis) is 1. The quantitative estimate of drug-likeness (QED) is 0.763. The minimum atomic E-state index is -0.548. The van der Waals surface area contributed by atoms with Gasteiger partial charge in [0.1, 0.15) is 0 Å². The van der Waals surface area contributed by atoms with Crippen molar-refractivity contribution in [3.63, 3.8) is 0 Å². The molecule has 17 heavy (non-hydrogen) atoms. The largest absolute Gasteiger partial charge is 0.447 e. The fraction of sp³-hybridized carbons (Fsp3) is 0.833. The van der Waals surface area contributed by atoms with Crippen LogP contribution in [-0.2, 0) is 4.74 Å². The molecule has 0 aromatic rings. The maximum Gasteiger partial charge on any atom is 0.408 e. The molecular weight excluding hydrogens is 236 g/mol. The Morgan fingerprint density at radius 1 is 1.47 bits per heavy atom. The monoisotopic (exact) mass is 258 g/mol. The molecule has 1 saturated carbocycles. The number of hydrogen-bond acceptors (Lipinski definition) is 3. The van der Waals surface area contributed by atoms with E-state index in [1.165, 1.54) is 0 Å². The van der Waals surface area contributed by atoms with Crippen molar-refractivity contribution in [1.82, 2.24) is 5.32 Å². The van der Waals surface area contributed by atoms with Crippen molar-refractivity contribution in [2.45, 2.75) is 58.1 Å². The third-order valence-corrected chi connectivity index (χ3v) is 3.67. The first-order valence-electron chi connectivity index (χ1n) is 6.14. The van der Waals surface area contributed by atoms with Crippen molar-refractivity contribution in [2.24, 2.45) is 11.7 Å².